The number of likely N-dealkylation sites (N-methyl/N-ethyl adjacent to an activating group) is 1. The first-order valence-corrected chi connectivity index (χ1v) is 5.83. The molecule has 0 spiro atoms. The molecule has 2 rings (SSSR count). The molecular weight excluding hydrogens is 258 g/mol. The van der Waals surface area contributed by atoms with Crippen molar-refractivity contribution in [2.75, 3.05) is 13.7 Å². The predicted octanol–water partition coefficient (Wildman–Crippen LogP) is 3.00. The summed E-state index contributed by atoms with van der Waals surface area (Å²) in [5, 5.41) is 3.24. The van der Waals surface area contributed by atoms with Crippen LogP contribution in [0, 0.1) is 0 Å². The first kappa shape index (κ1) is 10.8. The van der Waals surface area contributed by atoms with Gasteiger partial charge < -0.3 is 14.5 Å². The number of furan rings is 1. The van der Waals surface area contributed by atoms with Crippen molar-refractivity contribution in [1.29, 1.82) is 0 Å². The minimum absolute atomic E-state index is 0.122. The normalized spacial score (nSPS) is 18.1. The van der Waals surface area contributed by atoms with Crippen LogP contribution in [0.25, 0.3) is 0 Å². The Bertz CT molecular complexity index is 359. The van der Waals surface area contributed by atoms with E-state index in [2.05, 4.69) is 21.2 Å². The van der Waals surface area contributed by atoms with Crippen molar-refractivity contribution in [3.63, 3.8) is 0 Å². The summed E-state index contributed by atoms with van der Waals surface area (Å²) in [5.41, 5.74) is 1.24. The van der Waals surface area contributed by atoms with Gasteiger partial charge in [0, 0.05) is 0 Å². The van der Waals surface area contributed by atoms with Crippen LogP contribution in [0.4, 0.5) is 0 Å². The zero-order valence-corrected chi connectivity index (χ0v) is 10.2. The minimum atomic E-state index is 0.122. The van der Waals surface area contributed by atoms with E-state index in [1.165, 1.54) is 5.57 Å². The second kappa shape index (κ2) is 4.86. The molecule has 0 saturated heterocycles. The Hall–Kier alpha value is -0.740. The van der Waals surface area contributed by atoms with Crippen molar-refractivity contribution >= 4 is 15.9 Å². The van der Waals surface area contributed by atoms with Crippen LogP contribution in [-0.2, 0) is 4.74 Å². The number of rotatable bonds is 3. The topological polar surface area (TPSA) is 34.4 Å². The highest BCUT2D eigenvalue weighted by Crippen LogP contribution is 2.29. The molecule has 1 aliphatic rings. The van der Waals surface area contributed by atoms with Crippen molar-refractivity contribution in [2.24, 2.45) is 0 Å². The SMILES string of the molecule is CNC(C1=COCCC1)c1ccc(Br)o1. The Morgan fingerprint density at radius 2 is 2.33 bits per heavy atom. The molecule has 1 aromatic rings. The Labute approximate surface area is 97.6 Å². The van der Waals surface area contributed by atoms with Gasteiger partial charge in [-0.2, -0.15) is 0 Å². The highest BCUT2D eigenvalue weighted by molar-refractivity contribution is 9.10. The third kappa shape index (κ3) is 2.44. The van der Waals surface area contributed by atoms with E-state index in [0.29, 0.717) is 0 Å². The quantitative estimate of drug-likeness (QED) is 0.918. The van der Waals surface area contributed by atoms with E-state index in [1.807, 2.05) is 25.4 Å². The van der Waals surface area contributed by atoms with E-state index in [4.69, 9.17) is 9.15 Å². The first-order chi connectivity index (χ1) is 7.31. The van der Waals surface area contributed by atoms with Gasteiger partial charge in [0.15, 0.2) is 4.67 Å². The predicted molar refractivity (Wildman–Crippen MR) is 61.5 cm³/mol. The third-order valence-electron chi connectivity index (χ3n) is 2.50. The standard InChI is InChI=1S/C11H14BrNO2/c1-13-11(8-3-2-6-14-7-8)9-4-5-10(12)15-9/h4-5,7,11,13H,2-3,6H2,1H3. The molecule has 0 saturated carbocycles. The Morgan fingerprint density at radius 3 is 2.87 bits per heavy atom. The van der Waals surface area contributed by atoms with Gasteiger partial charge in [0.25, 0.3) is 0 Å². The van der Waals surface area contributed by atoms with Crippen LogP contribution in [0.5, 0.6) is 0 Å². The number of halogens is 1. The summed E-state index contributed by atoms with van der Waals surface area (Å²) in [6.45, 7) is 0.821. The molecule has 15 heavy (non-hydrogen) atoms. The maximum absolute atomic E-state index is 5.55. The third-order valence-corrected chi connectivity index (χ3v) is 2.93. The lowest BCUT2D eigenvalue weighted by atomic mass is 10.0. The van der Waals surface area contributed by atoms with Gasteiger partial charge in [0.05, 0.1) is 18.9 Å². The summed E-state index contributed by atoms with van der Waals surface area (Å²) in [6, 6.07) is 4.00. The zero-order chi connectivity index (χ0) is 10.7. The van der Waals surface area contributed by atoms with Crippen LogP contribution < -0.4 is 5.32 Å². The monoisotopic (exact) mass is 271 g/mol. The van der Waals surface area contributed by atoms with Crippen molar-refractivity contribution in [3.05, 3.63) is 34.4 Å². The van der Waals surface area contributed by atoms with E-state index in [0.717, 1.165) is 29.9 Å². The van der Waals surface area contributed by atoms with Crippen LogP contribution in [-0.4, -0.2) is 13.7 Å². The molecule has 0 aromatic carbocycles. The van der Waals surface area contributed by atoms with Crippen LogP contribution in [0.1, 0.15) is 24.6 Å². The summed E-state index contributed by atoms with van der Waals surface area (Å²) >= 11 is 3.31. The molecule has 0 aliphatic carbocycles. The molecule has 2 heterocycles. The Balaban J connectivity index is 2.19. The average Bonchev–Trinajstić information content (AvgIpc) is 2.68. The number of nitrogens with one attached hydrogen (secondary N) is 1. The summed E-state index contributed by atoms with van der Waals surface area (Å²) in [6.07, 6.45) is 3.98. The van der Waals surface area contributed by atoms with Crippen LogP contribution in [0.15, 0.2) is 33.1 Å². The molecular formula is C11H14BrNO2. The average molecular weight is 272 g/mol. The van der Waals surface area contributed by atoms with Gasteiger partial charge in [-0.15, -0.1) is 0 Å². The van der Waals surface area contributed by atoms with Gasteiger partial charge in [-0.1, -0.05) is 0 Å². The molecule has 1 aliphatic heterocycles. The second-order valence-electron chi connectivity index (χ2n) is 3.53. The molecule has 1 N–H and O–H groups in total. The van der Waals surface area contributed by atoms with Gasteiger partial charge in [-0.25, -0.2) is 0 Å². The summed E-state index contributed by atoms with van der Waals surface area (Å²) in [7, 11) is 1.93. The van der Waals surface area contributed by atoms with E-state index in [9.17, 15) is 0 Å². The maximum Gasteiger partial charge on any atom is 0.169 e. The fourth-order valence-corrected chi connectivity index (χ4v) is 2.11. The van der Waals surface area contributed by atoms with Crippen LogP contribution in [0.3, 0.4) is 0 Å². The molecule has 1 aromatic heterocycles. The molecule has 0 bridgehead atoms. The molecule has 82 valence electrons. The molecule has 4 heteroatoms. The fourth-order valence-electron chi connectivity index (χ4n) is 1.79. The molecule has 3 nitrogen and oxygen atoms in total. The van der Waals surface area contributed by atoms with Crippen molar-refractivity contribution < 1.29 is 9.15 Å². The highest BCUT2D eigenvalue weighted by atomic mass is 79.9. The minimum Gasteiger partial charge on any atom is -0.501 e. The van der Waals surface area contributed by atoms with Crippen molar-refractivity contribution in [1.82, 2.24) is 5.32 Å². The molecule has 0 amide bonds. The Morgan fingerprint density at radius 1 is 1.47 bits per heavy atom. The zero-order valence-electron chi connectivity index (χ0n) is 8.63. The summed E-state index contributed by atoms with van der Waals surface area (Å²) < 4.78 is 11.6. The van der Waals surface area contributed by atoms with E-state index in [1.54, 1.807) is 0 Å². The van der Waals surface area contributed by atoms with Crippen molar-refractivity contribution in [3.8, 4) is 0 Å². The van der Waals surface area contributed by atoms with Gasteiger partial charge in [0.2, 0.25) is 0 Å². The first-order valence-electron chi connectivity index (χ1n) is 5.04. The fraction of sp³-hybridized carbons (Fsp3) is 0.455. The maximum atomic E-state index is 5.55. The van der Waals surface area contributed by atoms with E-state index < -0.39 is 0 Å². The van der Waals surface area contributed by atoms with Gasteiger partial charge >= 0.3 is 0 Å². The van der Waals surface area contributed by atoms with E-state index in [-0.39, 0.29) is 6.04 Å². The van der Waals surface area contributed by atoms with Gasteiger partial charge in [-0.05, 0) is 53.5 Å². The molecule has 1 unspecified atom stereocenters. The lowest BCUT2D eigenvalue weighted by molar-refractivity contribution is 0.218. The lowest BCUT2D eigenvalue weighted by Gasteiger charge is -2.21. The summed E-state index contributed by atoms with van der Waals surface area (Å²) in [4.78, 5) is 0. The smallest absolute Gasteiger partial charge is 0.169 e. The van der Waals surface area contributed by atoms with Crippen LogP contribution >= 0.6 is 15.9 Å². The molecule has 0 fully saturated rings. The molecule has 0 radical (unpaired) electrons. The van der Waals surface area contributed by atoms with Gasteiger partial charge in [0.1, 0.15) is 5.76 Å². The number of hydrogen-bond donors (Lipinski definition) is 1. The number of hydrogen-bond acceptors (Lipinski definition) is 3. The summed E-state index contributed by atoms with van der Waals surface area (Å²) in [5.74, 6) is 0.918. The number of ether oxygens (including phenoxy) is 1. The highest BCUT2D eigenvalue weighted by Gasteiger charge is 2.20. The second-order valence-corrected chi connectivity index (χ2v) is 4.31. The van der Waals surface area contributed by atoms with E-state index >= 15 is 0 Å². The lowest BCUT2D eigenvalue weighted by Crippen LogP contribution is -2.20. The Kier molecular flexibility index (Phi) is 3.49. The van der Waals surface area contributed by atoms with Crippen molar-refractivity contribution in [2.45, 2.75) is 18.9 Å². The van der Waals surface area contributed by atoms with Gasteiger partial charge in [-0.3, -0.25) is 0 Å². The largest absolute Gasteiger partial charge is 0.501 e. The molecule has 1 atom stereocenters. The van der Waals surface area contributed by atoms with Crippen LogP contribution in [0.2, 0.25) is 0 Å².